The van der Waals surface area contributed by atoms with Crippen molar-refractivity contribution in [2.75, 3.05) is 13.1 Å². The van der Waals surface area contributed by atoms with E-state index >= 15 is 0 Å². The van der Waals surface area contributed by atoms with E-state index < -0.39 is 0 Å². The van der Waals surface area contributed by atoms with Gasteiger partial charge in [-0.2, -0.15) is 0 Å². The summed E-state index contributed by atoms with van der Waals surface area (Å²) in [5.41, 5.74) is 2.70. The molecule has 0 spiro atoms. The van der Waals surface area contributed by atoms with E-state index in [1.807, 2.05) is 0 Å². The van der Waals surface area contributed by atoms with Crippen molar-refractivity contribution in [1.82, 2.24) is 5.32 Å². The van der Waals surface area contributed by atoms with Crippen LogP contribution in [0.5, 0.6) is 0 Å². The van der Waals surface area contributed by atoms with E-state index in [1.165, 1.54) is 19.3 Å². The molecule has 1 heterocycles. The van der Waals surface area contributed by atoms with Crippen molar-refractivity contribution in [3.8, 4) is 0 Å². The minimum absolute atomic E-state index is 0.000118. The summed E-state index contributed by atoms with van der Waals surface area (Å²) in [6.45, 7) is 6.30. The Morgan fingerprint density at radius 1 is 1.04 bits per heavy atom. The molecule has 5 rings (SSSR count). The van der Waals surface area contributed by atoms with Gasteiger partial charge < -0.3 is 15.8 Å². The smallest absolute Gasteiger partial charge is 0.139 e. The fraction of sp³-hybridized carbons (Fsp3) is 0.818. The predicted molar refractivity (Wildman–Crippen MR) is 103 cm³/mol. The molecule has 4 fully saturated rings. The molecule has 0 amide bonds. The quantitative estimate of drug-likeness (QED) is 0.621. The Balaban J connectivity index is 0.000000292. The Labute approximate surface area is 157 Å². The third kappa shape index (κ3) is 2.80. The number of allylic oxidation sites excluding steroid dienone is 2. The van der Waals surface area contributed by atoms with Crippen LogP contribution < -0.4 is 5.32 Å². The first-order valence-corrected chi connectivity index (χ1v) is 10.5. The summed E-state index contributed by atoms with van der Waals surface area (Å²) < 4.78 is 0. The van der Waals surface area contributed by atoms with Crippen LogP contribution in [0.2, 0.25) is 0 Å². The Morgan fingerprint density at radius 2 is 1.73 bits per heavy atom. The van der Waals surface area contributed by atoms with Crippen LogP contribution in [0.4, 0.5) is 0 Å². The summed E-state index contributed by atoms with van der Waals surface area (Å²) in [7, 11) is 0. The summed E-state index contributed by atoms with van der Waals surface area (Å²) in [6.07, 6.45) is 11.0. The number of aliphatic hydroxyl groups is 1. The molecule has 4 heteroatoms. The maximum atomic E-state index is 12.4. The van der Waals surface area contributed by atoms with Crippen LogP contribution in [-0.2, 0) is 4.79 Å². The van der Waals surface area contributed by atoms with Crippen LogP contribution in [0.15, 0.2) is 11.6 Å². The topological polar surface area (TPSA) is 73.2 Å². The van der Waals surface area contributed by atoms with Crippen molar-refractivity contribution in [1.29, 1.82) is 5.41 Å². The summed E-state index contributed by atoms with van der Waals surface area (Å²) in [5.74, 6) is 2.70. The van der Waals surface area contributed by atoms with Crippen LogP contribution >= 0.6 is 0 Å². The van der Waals surface area contributed by atoms with Crippen molar-refractivity contribution >= 4 is 11.5 Å². The third-order valence-electron chi connectivity index (χ3n) is 8.47. The van der Waals surface area contributed by atoms with Gasteiger partial charge in [-0.3, -0.25) is 4.79 Å². The van der Waals surface area contributed by atoms with E-state index in [9.17, 15) is 4.79 Å². The van der Waals surface area contributed by atoms with Crippen molar-refractivity contribution in [3.05, 3.63) is 11.6 Å². The van der Waals surface area contributed by atoms with Gasteiger partial charge in [0.1, 0.15) is 5.78 Å². The van der Waals surface area contributed by atoms with Crippen LogP contribution in [0, 0.1) is 34.0 Å². The zero-order chi connectivity index (χ0) is 18.5. The van der Waals surface area contributed by atoms with E-state index in [1.54, 1.807) is 5.57 Å². The molecule has 0 bridgehead atoms. The molecular weight excluding hydrogens is 324 g/mol. The molecule has 0 aromatic heterocycles. The Bertz CT molecular complexity index is 638. The monoisotopic (exact) mass is 358 g/mol. The van der Waals surface area contributed by atoms with Crippen molar-refractivity contribution in [2.45, 2.75) is 71.3 Å². The number of fused-ring (bicyclic) bond motifs is 5. The lowest BCUT2D eigenvalue weighted by atomic mass is 9.47. The highest BCUT2D eigenvalue weighted by Crippen LogP contribution is 2.64. The standard InChI is InChI=1S/C19H27NO.C3H7NO/c1-18-9-7-13(20)11-12(18)3-4-14-15-5-6-17(21)19(15,2)10-8-16(14)18;5-3-1-4-2-3/h11,14-16,20H,3-10H2,1-2H3;3-5H,1-2H2/t14?,15?,16?,18-,19-;/m0./s1. The number of carbonyl (C=O) groups is 1. The second-order valence-corrected chi connectivity index (χ2v) is 9.76. The number of ketones is 1. The molecule has 1 saturated heterocycles. The van der Waals surface area contributed by atoms with Gasteiger partial charge >= 0.3 is 0 Å². The van der Waals surface area contributed by atoms with Gasteiger partial charge in [-0.05, 0) is 74.2 Å². The van der Waals surface area contributed by atoms with Gasteiger partial charge in [0.15, 0.2) is 0 Å². The second-order valence-electron chi connectivity index (χ2n) is 9.76. The first-order chi connectivity index (χ1) is 12.3. The van der Waals surface area contributed by atoms with Crippen LogP contribution in [0.3, 0.4) is 0 Å². The number of β-amino-alcohol motifs (C(OH)–C–C–N with tert-alkyl or cyclic N) is 1. The van der Waals surface area contributed by atoms with Gasteiger partial charge in [0.25, 0.3) is 0 Å². The van der Waals surface area contributed by atoms with E-state index in [-0.39, 0.29) is 11.5 Å². The predicted octanol–water partition coefficient (Wildman–Crippen LogP) is 3.49. The molecule has 5 aliphatic rings. The van der Waals surface area contributed by atoms with Crippen molar-refractivity contribution in [3.63, 3.8) is 0 Å². The van der Waals surface area contributed by atoms with Gasteiger partial charge in [-0.1, -0.05) is 19.4 Å². The molecule has 3 N–H and O–H groups in total. The highest BCUT2D eigenvalue weighted by atomic mass is 16.3. The molecule has 1 aliphatic heterocycles. The number of nitrogens with one attached hydrogen (secondary N) is 2. The molecule has 0 aromatic rings. The molecule has 144 valence electrons. The number of hydrogen-bond acceptors (Lipinski definition) is 4. The molecule has 5 atom stereocenters. The number of Topliss-reactive ketones (excluding diaryl/α,β-unsaturated/α-hetero) is 1. The fourth-order valence-electron chi connectivity index (χ4n) is 6.63. The summed E-state index contributed by atoms with van der Waals surface area (Å²) >= 11 is 0. The summed E-state index contributed by atoms with van der Waals surface area (Å²) in [5, 5.41) is 19.3. The molecule has 3 saturated carbocycles. The lowest BCUT2D eigenvalue weighted by molar-refractivity contribution is -0.132. The molecule has 4 nitrogen and oxygen atoms in total. The normalized spacial score (nSPS) is 44.7. The molecule has 3 unspecified atom stereocenters. The number of hydrogen-bond donors (Lipinski definition) is 3. The lowest BCUT2D eigenvalue weighted by Gasteiger charge is -2.57. The van der Waals surface area contributed by atoms with Crippen molar-refractivity contribution < 1.29 is 9.90 Å². The van der Waals surface area contributed by atoms with Gasteiger partial charge in [-0.25, -0.2) is 0 Å². The number of aliphatic hydroxyl groups excluding tert-OH is 1. The number of carbonyl (C=O) groups excluding carboxylic acids is 1. The van der Waals surface area contributed by atoms with E-state index in [0.29, 0.717) is 17.1 Å². The Morgan fingerprint density at radius 3 is 2.38 bits per heavy atom. The van der Waals surface area contributed by atoms with Crippen molar-refractivity contribution in [2.24, 2.45) is 28.6 Å². The molecule has 0 aromatic carbocycles. The van der Waals surface area contributed by atoms with E-state index in [0.717, 1.165) is 62.7 Å². The minimum atomic E-state index is -0.0463. The first kappa shape index (κ1) is 18.4. The van der Waals surface area contributed by atoms with E-state index in [4.69, 9.17) is 10.5 Å². The molecule has 26 heavy (non-hydrogen) atoms. The van der Waals surface area contributed by atoms with Gasteiger partial charge in [0.2, 0.25) is 0 Å². The maximum absolute atomic E-state index is 12.4. The van der Waals surface area contributed by atoms with E-state index in [2.05, 4.69) is 25.2 Å². The highest BCUT2D eigenvalue weighted by molar-refractivity contribution is 5.94. The SMILES string of the molecule is C[C@]12CCC(=N)C=C1CCC1C2CC[C@]2(C)C(=O)CCC12.OC1CNC1. The second kappa shape index (κ2) is 6.56. The summed E-state index contributed by atoms with van der Waals surface area (Å²) in [4.78, 5) is 12.4. The molecular formula is C22H34N2O2. The third-order valence-corrected chi connectivity index (χ3v) is 8.47. The van der Waals surface area contributed by atoms with Gasteiger partial charge in [0.05, 0.1) is 6.10 Å². The Kier molecular flexibility index (Phi) is 4.63. The zero-order valence-corrected chi connectivity index (χ0v) is 16.3. The van der Waals surface area contributed by atoms with Crippen LogP contribution in [-0.4, -0.2) is 35.8 Å². The lowest BCUT2D eigenvalue weighted by Crippen LogP contribution is -2.50. The zero-order valence-electron chi connectivity index (χ0n) is 16.3. The van der Waals surface area contributed by atoms with Gasteiger partial charge in [-0.15, -0.1) is 0 Å². The van der Waals surface area contributed by atoms with Gasteiger partial charge in [0, 0.05) is 30.6 Å². The fourth-order valence-corrected chi connectivity index (χ4v) is 6.63. The largest absolute Gasteiger partial charge is 0.390 e. The average molecular weight is 359 g/mol. The minimum Gasteiger partial charge on any atom is -0.390 e. The van der Waals surface area contributed by atoms with Crippen LogP contribution in [0.1, 0.15) is 65.2 Å². The number of rotatable bonds is 0. The molecule has 0 radical (unpaired) electrons. The Hall–Kier alpha value is -1.00. The summed E-state index contributed by atoms with van der Waals surface area (Å²) in [6, 6.07) is 0. The molecule has 4 aliphatic carbocycles. The maximum Gasteiger partial charge on any atom is 0.139 e. The highest BCUT2D eigenvalue weighted by Gasteiger charge is 2.58. The first-order valence-electron chi connectivity index (χ1n) is 10.5. The van der Waals surface area contributed by atoms with Crippen LogP contribution in [0.25, 0.3) is 0 Å². The average Bonchev–Trinajstić information content (AvgIpc) is 2.89.